The molecule has 0 unspecified atom stereocenters. The topological polar surface area (TPSA) is 0 Å². The number of hydrogen-bond donors (Lipinski definition) is 0. The second-order valence-corrected chi connectivity index (χ2v) is 11.2. The van der Waals surface area contributed by atoms with Gasteiger partial charge in [0.25, 0.3) is 0 Å². The summed E-state index contributed by atoms with van der Waals surface area (Å²) in [5.41, 5.74) is 0. The van der Waals surface area contributed by atoms with Gasteiger partial charge in [-0.15, -0.1) is 0 Å². The molecule has 0 spiro atoms. The van der Waals surface area contributed by atoms with Gasteiger partial charge in [-0.1, -0.05) is 6.92 Å². The fourth-order valence-corrected chi connectivity index (χ4v) is 6.85. The Morgan fingerprint density at radius 2 is 1.18 bits per heavy atom. The van der Waals surface area contributed by atoms with Gasteiger partial charge in [-0.25, -0.2) is 0 Å². The molecule has 0 aromatic rings. The minimum atomic E-state index is 0.0694. The molecule has 17 heavy (non-hydrogen) atoms. The monoisotopic (exact) mass is 364 g/mol. The first-order valence-electron chi connectivity index (χ1n) is 7.61. The Labute approximate surface area is 124 Å². The zero-order chi connectivity index (χ0) is 12.6. The molecule has 0 fully saturated rings. The van der Waals surface area contributed by atoms with Gasteiger partial charge in [0.1, 0.15) is 0 Å². The molecule has 0 amide bonds. The summed E-state index contributed by atoms with van der Waals surface area (Å²) in [4.78, 5) is 0. The van der Waals surface area contributed by atoms with E-state index in [1.54, 1.807) is 10.9 Å². The summed E-state index contributed by atoms with van der Waals surface area (Å²) in [6.45, 7) is 2.29. The molecule has 0 aliphatic rings. The first kappa shape index (κ1) is 18.1. The van der Waals surface area contributed by atoms with Gasteiger partial charge in [0.15, 0.2) is 0 Å². The van der Waals surface area contributed by atoms with Gasteiger partial charge < -0.3 is 0 Å². The zero-order valence-electron chi connectivity index (χ0n) is 12.1. The Kier molecular flexibility index (Phi) is 18.3. The fraction of sp³-hybridized carbons (Fsp3) is 1.00. The molecule has 0 aromatic heterocycles. The van der Waals surface area contributed by atoms with Crippen molar-refractivity contribution >= 4 is 32.9 Å². The Balaban J connectivity index is 2.85. The average Bonchev–Trinajstić information content (AvgIpc) is 2.35. The molecule has 0 saturated heterocycles. The summed E-state index contributed by atoms with van der Waals surface area (Å²) in [6.07, 6.45) is 18.6. The second-order valence-electron chi connectivity index (χ2n) is 4.97. The standard InChI is InChI=1S/C13H27.C2H5S.Sn/c1-3-5-7-9-11-13-12-10-8-6-4-2;1-3-2;/h1,3-13H2,2H3;1H2,2H3;. The Bertz CT molecular complexity index is 114. The maximum atomic E-state index is 2.29. The fourth-order valence-electron chi connectivity index (χ4n) is 2.09. The quantitative estimate of drug-likeness (QED) is 0.280. The van der Waals surface area contributed by atoms with Crippen LogP contribution in [0.2, 0.25) is 4.44 Å². The van der Waals surface area contributed by atoms with Gasteiger partial charge in [0.2, 0.25) is 0 Å². The van der Waals surface area contributed by atoms with Crippen LogP contribution in [0.3, 0.4) is 0 Å². The Morgan fingerprint density at radius 3 is 1.65 bits per heavy atom. The van der Waals surface area contributed by atoms with Crippen LogP contribution in [0, 0.1) is 0 Å². The molecule has 0 atom stereocenters. The third kappa shape index (κ3) is 17.1. The van der Waals surface area contributed by atoms with Crippen molar-refractivity contribution < 1.29 is 0 Å². The molecular weight excluding hydrogens is 331 g/mol. The van der Waals surface area contributed by atoms with Crippen molar-refractivity contribution in [3.63, 3.8) is 0 Å². The van der Waals surface area contributed by atoms with E-state index in [1.165, 1.54) is 68.0 Å². The number of hydrogen-bond acceptors (Lipinski definition) is 1. The number of rotatable bonds is 14. The van der Waals surface area contributed by atoms with Crippen molar-refractivity contribution in [2.45, 2.75) is 82.0 Å². The first-order valence-corrected chi connectivity index (χ1v) is 13.0. The molecule has 0 N–H and O–H groups in total. The molecule has 0 heterocycles. The van der Waals surface area contributed by atoms with E-state index in [4.69, 9.17) is 0 Å². The number of thioether (sulfide) groups is 1. The third-order valence-corrected chi connectivity index (χ3v) is 9.93. The minimum absolute atomic E-state index is 0.0694. The van der Waals surface area contributed by atoms with Crippen molar-refractivity contribution in [2.24, 2.45) is 0 Å². The van der Waals surface area contributed by atoms with E-state index in [0.29, 0.717) is 0 Å². The molecule has 2 heteroatoms. The predicted molar refractivity (Wildman–Crippen MR) is 85.4 cm³/mol. The van der Waals surface area contributed by atoms with Crippen LogP contribution in [0.5, 0.6) is 0 Å². The molecule has 0 bridgehead atoms. The van der Waals surface area contributed by atoms with Crippen LogP contribution in [0.1, 0.15) is 77.6 Å². The van der Waals surface area contributed by atoms with Gasteiger partial charge in [-0.2, -0.15) is 0 Å². The van der Waals surface area contributed by atoms with Crippen molar-refractivity contribution in [3.05, 3.63) is 0 Å². The number of unbranched alkanes of at least 4 members (excludes halogenated alkanes) is 10. The van der Waals surface area contributed by atoms with E-state index in [1.807, 2.05) is 0 Å². The maximum absolute atomic E-state index is 2.29. The molecule has 102 valence electrons. The zero-order valence-corrected chi connectivity index (χ0v) is 15.8. The molecule has 2 radical (unpaired) electrons. The van der Waals surface area contributed by atoms with E-state index in [-0.39, 0.29) is 21.1 Å². The Hall–Kier alpha value is 1.15. The summed E-state index contributed by atoms with van der Waals surface area (Å²) >= 11 is 2.13. The van der Waals surface area contributed by atoms with Crippen LogP contribution in [0.4, 0.5) is 0 Å². The predicted octanol–water partition coefficient (Wildman–Crippen LogP) is 5.74. The van der Waals surface area contributed by atoms with Gasteiger partial charge in [0.05, 0.1) is 0 Å². The summed E-state index contributed by atoms with van der Waals surface area (Å²) in [6, 6.07) is 0. The van der Waals surface area contributed by atoms with E-state index in [9.17, 15) is 0 Å². The van der Waals surface area contributed by atoms with E-state index in [2.05, 4.69) is 24.9 Å². The van der Waals surface area contributed by atoms with E-state index in [0.717, 1.165) is 0 Å². The summed E-state index contributed by atoms with van der Waals surface area (Å²) in [5, 5.41) is 0. The van der Waals surface area contributed by atoms with Gasteiger partial charge in [-0.3, -0.25) is 0 Å². The van der Waals surface area contributed by atoms with Crippen molar-refractivity contribution in [2.75, 3.05) is 10.0 Å². The van der Waals surface area contributed by atoms with E-state index >= 15 is 0 Å². The van der Waals surface area contributed by atoms with Crippen LogP contribution < -0.4 is 0 Å². The van der Waals surface area contributed by atoms with Crippen LogP contribution in [0.15, 0.2) is 0 Å². The summed E-state index contributed by atoms with van der Waals surface area (Å²) in [7, 11) is 0. The van der Waals surface area contributed by atoms with Crippen LogP contribution in [0.25, 0.3) is 0 Å². The van der Waals surface area contributed by atoms with Gasteiger partial charge in [-0.05, 0) is 0 Å². The van der Waals surface area contributed by atoms with Crippen LogP contribution in [-0.2, 0) is 0 Å². The van der Waals surface area contributed by atoms with Crippen molar-refractivity contribution in [1.29, 1.82) is 0 Å². The van der Waals surface area contributed by atoms with Crippen molar-refractivity contribution in [3.8, 4) is 0 Å². The molecule has 0 saturated carbocycles. The average molecular weight is 363 g/mol. The summed E-state index contributed by atoms with van der Waals surface area (Å²) < 4.78 is 3.16. The molecule has 0 aliphatic carbocycles. The summed E-state index contributed by atoms with van der Waals surface area (Å²) in [5.74, 6) is 0. The Morgan fingerprint density at radius 1 is 0.706 bits per heavy atom. The molecule has 0 aromatic carbocycles. The molecule has 0 aliphatic heterocycles. The van der Waals surface area contributed by atoms with Gasteiger partial charge in [0, 0.05) is 0 Å². The van der Waals surface area contributed by atoms with Crippen LogP contribution in [-0.4, -0.2) is 31.2 Å². The van der Waals surface area contributed by atoms with Gasteiger partial charge >= 0.3 is 118 Å². The first-order chi connectivity index (χ1) is 8.41. The SMILES string of the molecule is CCCCCCCCCCCC[CH2][Sn][CH2]SC. The third-order valence-electron chi connectivity index (χ3n) is 3.20. The molecule has 0 rings (SSSR count). The second kappa shape index (κ2) is 17.1. The van der Waals surface area contributed by atoms with Crippen molar-refractivity contribution in [1.82, 2.24) is 0 Å². The normalized spacial score (nSPS) is 10.9. The molecule has 0 nitrogen and oxygen atoms in total. The molecular formula is C15H32SSn. The van der Waals surface area contributed by atoms with Crippen LogP contribution >= 0.6 is 11.8 Å². The van der Waals surface area contributed by atoms with E-state index < -0.39 is 0 Å².